The molecule has 0 aromatic heterocycles. The molecule has 0 unspecified atom stereocenters. The molecule has 0 atom stereocenters. The zero-order chi connectivity index (χ0) is 9.90. The normalized spacial score (nSPS) is 11.7. The van der Waals surface area contributed by atoms with E-state index in [2.05, 4.69) is 0 Å². The standard InChI is InChI=1S/C10H13FO2/c1-10(6-12,7-13)8-2-4-9(11)5-3-8/h2-5,12-13H,6-7H2,1H3. The summed E-state index contributed by atoms with van der Waals surface area (Å²) in [5, 5.41) is 18.1. The van der Waals surface area contributed by atoms with Crippen molar-refractivity contribution in [3.63, 3.8) is 0 Å². The van der Waals surface area contributed by atoms with Crippen molar-refractivity contribution >= 4 is 0 Å². The summed E-state index contributed by atoms with van der Waals surface area (Å²) in [4.78, 5) is 0. The summed E-state index contributed by atoms with van der Waals surface area (Å²) >= 11 is 0. The summed E-state index contributed by atoms with van der Waals surface area (Å²) in [5.74, 6) is -0.318. The highest BCUT2D eigenvalue weighted by atomic mass is 19.1. The van der Waals surface area contributed by atoms with Crippen molar-refractivity contribution in [3.8, 4) is 0 Å². The van der Waals surface area contributed by atoms with Crippen LogP contribution in [0.15, 0.2) is 24.3 Å². The first-order valence-electron chi connectivity index (χ1n) is 4.10. The monoisotopic (exact) mass is 184 g/mol. The van der Waals surface area contributed by atoms with E-state index < -0.39 is 5.41 Å². The van der Waals surface area contributed by atoms with Gasteiger partial charge in [0.2, 0.25) is 0 Å². The third-order valence-electron chi connectivity index (χ3n) is 2.24. The van der Waals surface area contributed by atoms with Gasteiger partial charge in [-0.05, 0) is 17.7 Å². The van der Waals surface area contributed by atoms with E-state index in [1.807, 2.05) is 0 Å². The molecule has 72 valence electrons. The molecule has 1 rings (SSSR count). The first kappa shape index (κ1) is 10.2. The van der Waals surface area contributed by atoms with Gasteiger partial charge in [0.1, 0.15) is 5.82 Å². The first-order chi connectivity index (χ1) is 6.12. The Kier molecular flexibility index (Phi) is 3.01. The van der Waals surface area contributed by atoms with Crippen LogP contribution in [0.5, 0.6) is 0 Å². The zero-order valence-electron chi connectivity index (χ0n) is 7.50. The smallest absolute Gasteiger partial charge is 0.123 e. The predicted octanol–water partition coefficient (Wildman–Crippen LogP) is 1.07. The van der Waals surface area contributed by atoms with Gasteiger partial charge in [0.05, 0.1) is 13.2 Å². The fourth-order valence-corrected chi connectivity index (χ4v) is 1.08. The van der Waals surface area contributed by atoms with Crippen LogP contribution in [0.2, 0.25) is 0 Å². The molecular weight excluding hydrogens is 171 g/mol. The van der Waals surface area contributed by atoms with Crippen LogP contribution in [0.1, 0.15) is 12.5 Å². The fourth-order valence-electron chi connectivity index (χ4n) is 1.08. The SMILES string of the molecule is CC(CO)(CO)c1ccc(F)cc1. The maximum atomic E-state index is 12.6. The summed E-state index contributed by atoms with van der Waals surface area (Å²) in [6.45, 7) is 1.41. The highest BCUT2D eigenvalue weighted by Gasteiger charge is 2.24. The summed E-state index contributed by atoms with van der Waals surface area (Å²) in [6.07, 6.45) is 0. The molecule has 0 amide bonds. The lowest BCUT2D eigenvalue weighted by Gasteiger charge is -2.24. The molecule has 0 fully saturated rings. The van der Waals surface area contributed by atoms with Gasteiger partial charge in [0.25, 0.3) is 0 Å². The predicted molar refractivity (Wildman–Crippen MR) is 47.9 cm³/mol. The average Bonchev–Trinajstić information content (AvgIpc) is 2.18. The minimum Gasteiger partial charge on any atom is -0.395 e. The van der Waals surface area contributed by atoms with Crippen LogP contribution in [0, 0.1) is 5.82 Å². The van der Waals surface area contributed by atoms with Crippen LogP contribution in [-0.2, 0) is 5.41 Å². The molecule has 0 spiro atoms. The summed E-state index contributed by atoms with van der Waals surface area (Å²) in [5.41, 5.74) is 0.0483. The van der Waals surface area contributed by atoms with E-state index >= 15 is 0 Å². The van der Waals surface area contributed by atoms with Crippen molar-refractivity contribution in [1.82, 2.24) is 0 Å². The Balaban J connectivity index is 2.99. The minimum atomic E-state index is -0.687. The minimum absolute atomic E-state index is 0.158. The molecular formula is C10H13FO2. The van der Waals surface area contributed by atoms with E-state index in [1.54, 1.807) is 19.1 Å². The molecule has 2 nitrogen and oxygen atoms in total. The van der Waals surface area contributed by atoms with Gasteiger partial charge in [-0.25, -0.2) is 4.39 Å². The molecule has 13 heavy (non-hydrogen) atoms. The Morgan fingerprint density at radius 3 is 2.00 bits per heavy atom. The van der Waals surface area contributed by atoms with Crippen molar-refractivity contribution in [1.29, 1.82) is 0 Å². The zero-order valence-corrected chi connectivity index (χ0v) is 7.50. The Bertz CT molecular complexity index is 265. The van der Waals surface area contributed by atoms with Gasteiger partial charge >= 0.3 is 0 Å². The molecule has 0 saturated heterocycles. The number of rotatable bonds is 3. The summed E-state index contributed by atoms with van der Waals surface area (Å²) in [7, 11) is 0. The molecule has 0 aliphatic carbocycles. The molecule has 0 heterocycles. The van der Waals surface area contributed by atoms with Crippen molar-refractivity contribution in [2.24, 2.45) is 0 Å². The van der Waals surface area contributed by atoms with Gasteiger partial charge in [-0.1, -0.05) is 19.1 Å². The first-order valence-corrected chi connectivity index (χ1v) is 4.10. The summed E-state index contributed by atoms with van der Waals surface area (Å²) < 4.78 is 12.6. The number of halogens is 1. The molecule has 0 aliphatic rings. The fraction of sp³-hybridized carbons (Fsp3) is 0.400. The Hall–Kier alpha value is -0.930. The number of aliphatic hydroxyl groups excluding tert-OH is 2. The van der Waals surface area contributed by atoms with Crippen LogP contribution in [-0.4, -0.2) is 23.4 Å². The second-order valence-corrected chi connectivity index (χ2v) is 3.38. The number of hydrogen-bond acceptors (Lipinski definition) is 2. The van der Waals surface area contributed by atoms with Crippen molar-refractivity contribution in [2.45, 2.75) is 12.3 Å². The maximum Gasteiger partial charge on any atom is 0.123 e. The van der Waals surface area contributed by atoms with Gasteiger partial charge in [-0.3, -0.25) is 0 Å². The van der Waals surface area contributed by atoms with Crippen molar-refractivity contribution in [3.05, 3.63) is 35.6 Å². The second-order valence-electron chi connectivity index (χ2n) is 3.38. The van der Waals surface area contributed by atoms with Crippen LogP contribution in [0.4, 0.5) is 4.39 Å². The van der Waals surface area contributed by atoms with Gasteiger partial charge in [0, 0.05) is 5.41 Å². The van der Waals surface area contributed by atoms with E-state index in [-0.39, 0.29) is 19.0 Å². The van der Waals surface area contributed by atoms with E-state index in [0.29, 0.717) is 0 Å². The Morgan fingerprint density at radius 1 is 1.15 bits per heavy atom. The van der Waals surface area contributed by atoms with E-state index in [0.717, 1.165) is 5.56 Å². The number of benzene rings is 1. The molecule has 0 aliphatic heterocycles. The third-order valence-corrected chi connectivity index (χ3v) is 2.24. The van der Waals surface area contributed by atoms with E-state index in [4.69, 9.17) is 10.2 Å². The van der Waals surface area contributed by atoms with Gasteiger partial charge in [-0.15, -0.1) is 0 Å². The quantitative estimate of drug-likeness (QED) is 0.737. The van der Waals surface area contributed by atoms with E-state index in [9.17, 15) is 4.39 Å². The summed E-state index contributed by atoms with van der Waals surface area (Å²) in [6, 6.07) is 5.78. The molecule has 3 heteroatoms. The van der Waals surface area contributed by atoms with Gasteiger partial charge in [0.15, 0.2) is 0 Å². The largest absolute Gasteiger partial charge is 0.395 e. The Labute approximate surface area is 76.6 Å². The van der Waals surface area contributed by atoms with Crippen molar-refractivity contribution in [2.75, 3.05) is 13.2 Å². The maximum absolute atomic E-state index is 12.6. The molecule has 2 N–H and O–H groups in total. The lowest BCUT2D eigenvalue weighted by molar-refractivity contribution is 0.129. The molecule has 1 aromatic rings. The van der Waals surface area contributed by atoms with E-state index in [1.165, 1.54) is 12.1 Å². The lowest BCUT2D eigenvalue weighted by Crippen LogP contribution is -2.30. The lowest BCUT2D eigenvalue weighted by atomic mass is 9.84. The van der Waals surface area contributed by atoms with Crippen molar-refractivity contribution < 1.29 is 14.6 Å². The van der Waals surface area contributed by atoms with Crippen LogP contribution in [0.25, 0.3) is 0 Å². The average molecular weight is 184 g/mol. The molecule has 0 saturated carbocycles. The number of hydrogen-bond donors (Lipinski definition) is 2. The highest BCUT2D eigenvalue weighted by Crippen LogP contribution is 2.22. The van der Waals surface area contributed by atoms with Crippen LogP contribution < -0.4 is 0 Å². The van der Waals surface area contributed by atoms with Gasteiger partial charge < -0.3 is 10.2 Å². The topological polar surface area (TPSA) is 40.5 Å². The number of aliphatic hydroxyl groups is 2. The van der Waals surface area contributed by atoms with Gasteiger partial charge in [-0.2, -0.15) is 0 Å². The second kappa shape index (κ2) is 3.85. The highest BCUT2D eigenvalue weighted by molar-refractivity contribution is 5.25. The third kappa shape index (κ3) is 2.05. The Morgan fingerprint density at radius 2 is 1.62 bits per heavy atom. The van der Waals surface area contributed by atoms with Crippen LogP contribution in [0.3, 0.4) is 0 Å². The molecule has 0 bridgehead atoms. The van der Waals surface area contributed by atoms with Crippen LogP contribution >= 0.6 is 0 Å². The molecule has 1 aromatic carbocycles. The molecule has 0 radical (unpaired) electrons.